The molecule has 3 saturated carbocycles. The summed E-state index contributed by atoms with van der Waals surface area (Å²) in [5, 5.41) is 87.4. The smallest absolute Gasteiger partial charge is 0.239 e. The van der Waals surface area contributed by atoms with E-state index in [0.717, 1.165) is 160 Å². The van der Waals surface area contributed by atoms with Gasteiger partial charge in [0, 0.05) is 93.2 Å². The number of nitrogens with two attached hydrogens (primary N) is 3. The average molecular weight is 1740 g/mol. The Morgan fingerprint density at radius 3 is 0.944 bits per heavy atom. The Balaban J connectivity index is 0.000000119. The molecule has 8 aliphatic rings. The number of benzene rings is 8. The quantitative estimate of drug-likeness (QED) is 0.0267. The number of primary sulfonamides is 2. The Morgan fingerprint density at radius 2 is 0.635 bits per heavy atom. The Morgan fingerprint density at radius 1 is 0.333 bits per heavy atom. The number of piperidine rings is 1. The third-order valence-electron chi connectivity index (χ3n) is 28.2. The van der Waals surface area contributed by atoms with E-state index in [2.05, 4.69) is 227 Å². The van der Waals surface area contributed by atoms with Gasteiger partial charge in [0.05, 0.1) is 20.9 Å². The van der Waals surface area contributed by atoms with Gasteiger partial charge in [0.2, 0.25) is 43.3 Å². The molecule has 0 radical (unpaired) electrons. The SMILES string of the molecule is CC1CCC(CCc2ccc(-c3ccc(C4CNC4)cc3)c(-c3nn[nH]n3)c2S(N)(=O)=O)CC1.Cc1c(CC2CCC(N)CC2)ccc(-c2ccc(C3CNC3)cc2)c1-c1nn[nH]n1.Cc1c(CC2CCNCC2)ccc(-c2ccc(C3CNC3)cc2)c1-c1nn[nH]n1.NS(=O)(=O)c1c(CCC2CCCCC2)ccc(-c2ccc(C3CNC3)cc2)c1-c1nn[nH]n1. The Hall–Kier alpha value is -10.4. The number of tetrazole rings is 4. The van der Waals surface area contributed by atoms with Gasteiger partial charge in [-0.3, -0.25) is 0 Å². The summed E-state index contributed by atoms with van der Waals surface area (Å²) in [5.41, 5.74) is 29.3. The molecule has 30 heteroatoms. The predicted molar refractivity (Wildman–Crippen MR) is 492 cm³/mol. The van der Waals surface area contributed by atoms with Crippen molar-refractivity contribution in [1.82, 2.24) is 109 Å². The fraction of sp³-hybridized carbons (Fsp3) is 0.458. The van der Waals surface area contributed by atoms with E-state index in [0.29, 0.717) is 83.1 Å². The number of sulfonamides is 2. The highest BCUT2D eigenvalue weighted by Crippen LogP contribution is 2.45. The molecule has 12 aromatic rings. The van der Waals surface area contributed by atoms with Gasteiger partial charge in [-0.2, -0.15) is 20.9 Å². The van der Waals surface area contributed by atoms with Gasteiger partial charge in [-0.15, -0.1) is 40.8 Å². The van der Waals surface area contributed by atoms with Crippen LogP contribution in [0.4, 0.5) is 0 Å². The molecule has 660 valence electrons. The van der Waals surface area contributed by atoms with Crippen LogP contribution in [0.15, 0.2) is 155 Å². The molecule has 5 aliphatic heterocycles. The van der Waals surface area contributed by atoms with Crippen molar-refractivity contribution >= 4 is 20.0 Å². The van der Waals surface area contributed by atoms with Crippen molar-refractivity contribution < 1.29 is 16.8 Å². The number of H-pyrrole nitrogens is 4. The Bertz CT molecular complexity index is 5800. The molecular formula is C96H120N24O4S2. The van der Waals surface area contributed by atoms with Crippen LogP contribution in [0.1, 0.15) is 195 Å². The van der Waals surface area contributed by atoms with E-state index in [1.807, 2.05) is 48.5 Å². The molecule has 8 fully saturated rings. The highest BCUT2D eigenvalue weighted by molar-refractivity contribution is 7.89. The van der Waals surface area contributed by atoms with E-state index in [-0.39, 0.29) is 21.4 Å². The standard InChI is InChI=1S/C25H32N6O2S.C24H30N6O2S.C24H30N6.C23H28N6/c1-16-2-4-17(5-3-16)6-7-20-12-13-22(19-10-8-18(9-11-19)21-14-27-15-21)23(24(20)34(26,32)33)25-28-30-31-29-25;25-33(31,32)23-19(7-6-16-4-2-1-3-5-16)12-13-21(22(23)24-27-29-30-28-24)18-10-8-17(9-11-18)20-14-26-15-20;1-15-19(12-16-2-9-21(25)10-3-16)8-11-22(23(15)24-27-29-30-28-24)18-6-4-17(5-7-18)20-13-26-14-20;1-15-19(12-16-8-10-24-11-9-16)6-7-21(22(15)23-26-28-29-27-23)18-4-2-17(3-5-18)20-13-25-14-20/h8-13,16-17,21,27H,2-7,14-15H2,1H3,(H2,26,32,33)(H,28,29,30,31);8-13,16,20,26H,1-7,14-15H2,(H2,25,31,32)(H,27,28,29,30);4-8,11,16,20-21,26H,2-3,9-10,12-14,25H2,1H3,(H,27,28,29,30);2-7,16,20,24-25H,8-14H2,1H3,(H,26,27,28,29). The fourth-order valence-corrected chi connectivity index (χ4v) is 22.1. The highest BCUT2D eigenvalue weighted by Gasteiger charge is 2.33. The second kappa shape index (κ2) is 40.3. The third-order valence-corrected chi connectivity index (χ3v) is 30.3. The molecule has 20 rings (SSSR count). The minimum absolute atomic E-state index is 0.114. The van der Waals surface area contributed by atoms with E-state index in [4.69, 9.17) is 16.0 Å². The van der Waals surface area contributed by atoms with Gasteiger partial charge in [0.25, 0.3) is 0 Å². The van der Waals surface area contributed by atoms with E-state index in [1.54, 1.807) is 0 Å². The van der Waals surface area contributed by atoms with Crippen molar-refractivity contribution in [3.63, 3.8) is 0 Å². The molecule has 0 amide bonds. The number of rotatable bonds is 24. The summed E-state index contributed by atoms with van der Waals surface area (Å²) in [6.45, 7) is 17.2. The minimum Gasteiger partial charge on any atom is -0.328 e. The minimum atomic E-state index is -4.03. The zero-order valence-electron chi connectivity index (χ0n) is 72.6. The summed E-state index contributed by atoms with van der Waals surface area (Å²) < 4.78 is 51.6. The summed E-state index contributed by atoms with van der Waals surface area (Å²) in [5.74, 6) is 7.65. The zero-order chi connectivity index (χ0) is 86.7. The first kappa shape index (κ1) is 87.7. The van der Waals surface area contributed by atoms with Crippen molar-refractivity contribution in [3.8, 4) is 90.1 Å². The number of hydrogen-bond donors (Lipinski definition) is 12. The molecule has 0 unspecified atom stereocenters. The van der Waals surface area contributed by atoms with Crippen LogP contribution in [0.3, 0.4) is 0 Å². The third kappa shape index (κ3) is 20.7. The van der Waals surface area contributed by atoms with Crippen LogP contribution in [0.25, 0.3) is 90.1 Å². The van der Waals surface area contributed by atoms with Gasteiger partial charge in [-0.1, -0.05) is 210 Å². The van der Waals surface area contributed by atoms with E-state index < -0.39 is 20.0 Å². The van der Waals surface area contributed by atoms with Gasteiger partial charge < -0.3 is 32.3 Å². The molecular weight excluding hydrogens is 1620 g/mol. The number of nitrogens with one attached hydrogen (secondary N) is 9. The van der Waals surface area contributed by atoms with Crippen LogP contribution < -0.4 is 42.6 Å². The molecule has 28 nitrogen and oxygen atoms in total. The molecule has 8 aromatic carbocycles. The number of aryl methyl sites for hydroxylation is 2. The second-order valence-corrected chi connectivity index (χ2v) is 39.5. The molecule has 3 aliphatic carbocycles. The van der Waals surface area contributed by atoms with Crippen molar-refractivity contribution in [2.24, 2.45) is 45.6 Å². The van der Waals surface area contributed by atoms with Crippen LogP contribution in [0.5, 0.6) is 0 Å². The predicted octanol–water partition coefficient (Wildman–Crippen LogP) is 13.7. The van der Waals surface area contributed by atoms with Gasteiger partial charge in [0.15, 0.2) is 0 Å². The monoisotopic (exact) mass is 1740 g/mol. The maximum atomic E-state index is 12.9. The summed E-state index contributed by atoms with van der Waals surface area (Å²) in [7, 11) is -8.05. The first-order chi connectivity index (χ1) is 61.4. The number of hydrogen-bond acceptors (Lipinski definition) is 22. The molecule has 4 aromatic heterocycles. The first-order valence-corrected chi connectivity index (χ1v) is 48.8. The molecule has 5 saturated heterocycles. The molecule has 126 heavy (non-hydrogen) atoms. The van der Waals surface area contributed by atoms with Gasteiger partial charge in [-0.25, -0.2) is 27.1 Å². The van der Waals surface area contributed by atoms with Crippen LogP contribution >= 0.6 is 0 Å². The largest absolute Gasteiger partial charge is 0.328 e. The van der Waals surface area contributed by atoms with Gasteiger partial charge in [0.1, 0.15) is 0 Å². The number of aromatic nitrogens is 16. The summed E-state index contributed by atoms with van der Waals surface area (Å²) in [4.78, 5) is 0.229. The second-order valence-electron chi connectivity index (χ2n) is 36.5. The summed E-state index contributed by atoms with van der Waals surface area (Å²) in [6, 6.07) is 51.7. The van der Waals surface area contributed by atoms with Crippen molar-refractivity contribution in [1.29, 1.82) is 0 Å². The van der Waals surface area contributed by atoms with Crippen LogP contribution in [-0.4, -0.2) is 171 Å². The fourth-order valence-electron chi connectivity index (χ4n) is 20.1. The zero-order valence-corrected chi connectivity index (χ0v) is 74.2. The van der Waals surface area contributed by atoms with E-state index in [9.17, 15) is 16.8 Å². The van der Waals surface area contributed by atoms with Crippen molar-refractivity contribution in [2.45, 2.75) is 195 Å². The normalized spacial score (nSPS) is 19.8. The van der Waals surface area contributed by atoms with Crippen molar-refractivity contribution in [2.75, 3.05) is 65.4 Å². The number of aromatic amines is 4. The van der Waals surface area contributed by atoms with E-state index in [1.165, 1.54) is 150 Å². The lowest BCUT2D eigenvalue weighted by atomic mass is 9.80. The lowest BCUT2D eigenvalue weighted by Gasteiger charge is -2.28. The molecule has 0 spiro atoms. The lowest BCUT2D eigenvalue weighted by Crippen LogP contribution is -2.39. The Labute approximate surface area is 738 Å². The van der Waals surface area contributed by atoms with Crippen LogP contribution in [0.2, 0.25) is 0 Å². The number of nitrogens with zero attached hydrogens (tertiary/aromatic N) is 12. The van der Waals surface area contributed by atoms with Crippen LogP contribution in [0, 0.1) is 43.4 Å². The van der Waals surface area contributed by atoms with Gasteiger partial charge >= 0.3 is 0 Å². The maximum absolute atomic E-state index is 12.9. The average Bonchev–Trinajstić information content (AvgIpc) is 1.31. The highest BCUT2D eigenvalue weighted by atomic mass is 32.2. The van der Waals surface area contributed by atoms with Crippen molar-refractivity contribution in [3.05, 3.63) is 201 Å². The lowest BCUT2D eigenvalue weighted by molar-refractivity contribution is 0.277. The first-order valence-electron chi connectivity index (χ1n) is 45.7. The maximum Gasteiger partial charge on any atom is 0.239 e. The summed E-state index contributed by atoms with van der Waals surface area (Å²) in [6.07, 6.45) is 23.8. The van der Waals surface area contributed by atoms with Gasteiger partial charge in [-0.05, 0) is 255 Å². The van der Waals surface area contributed by atoms with E-state index >= 15 is 0 Å². The molecule has 15 N–H and O–H groups in total. The Kier molecular flexibility index (Phi) is 28.0. The molecule has 0 bridgehead atoms. The molecule has 9 heterocycles. The summed E-state index contributed by atoms with van der Waals surface area (Å²) >= 11 is 0. The molecule has 0 atom stereocenters. The van der Waals surface area contributed by atoms with Crippen LogP contribution in [-0.2, 0) is 45.7 Å². The topological polar surface area (TPSA) is 424 Å².